The summed E-state index contributed by atoms with van der Waals surface area (Å²) in [6, 6.07) is 31.2. The third kappa shape index (κ3) is 5.30. The first-order chi connectivity index (χ1) is 20.1. The molecule has 10 heteroatoms. The predicted octanol–water partition coefficient (Wildman–Crippen LogP) is 5.43. The molecule has 0 unspecified atom stereocenters. The van der Waals surface area contributed by atoms with Crippen LogP contribution in [0.5, 0.6) is 0 Å². The first-order valence-electron chi connectivity index (χ1n) is 13.4. The van der Waals surface area contributed by atoms with Gasteiger partial charge in [-0.1, -0.05) is 96.1 Å². The lowest BCUT2D eigenvalue weighted by atomic mass is 9.83. The van der Waals surface area contributed by atoms with E-state index in [0.29, 0.717) is 0 Å². The Hall–Kier alpha value is -3.38. The smallest absolute Gasteiger partial charge is 0.297 e. The van der Waals surface area contributed by atoms with Crippen molar-refractivity contribution in [1.82, 2.24) is 0 Å². The molecule has 2 aliphatic rings. The van der Waals surface area contributed by atoms with Crippen molar-refractivity contribution < 1.29 is 34.7 Å². The van der Waals surface area contributed by atoms with Crippen LogP contribution < -0.4 is 0 Å². The lowest BCUT2D eigenvalue weighted by molar-refractivity contribution is 0.0706. The van der Waals surface area contributed by atoms with Gasteiger partial charge in [0.05, 0.1) is 9.79 Å². The van der Waals surface area contributed by atoms with E-state index < -0.39 is 56.9 Å². The van der Waals surface area contributed by atoms with Gasteiger partial charge in [-0.25, -0.2) is 0 Å². The molecular weight excluding hydrogens is 576 g/mol. The highest BCUT2D eigenvalue weighted by molar-refractivity contribution is 7.87. The van der Waals surface area contributed by atoms with Crippen LogP contribution in [0.1, 0.15) is 34.5 Å². The van der Waals surface area contributed by atoms with E-state index in [1.807, 2.05) is 74.5 Å². The number of rotatable bonds is 11. The van der Waals surface area contributed by atoms with Crippen molar-refractivity contribution in [1.29, 1.82) is 0 Å². The standard InChI is InChI=1S/C32H30O8S2/c1-23-13-17-27(18-14-23)41(33,34)37-21-31(29(39-31)25-9-5-3-6-10-25)32(30(40-32)26-11-7-4-8-12-26)22-38-42(35,36)28-19-15-24(2)16-20-28/h3-20,29-30H,21-22H2,1-2H3/t29-,30-,31-,32-/m0/s1. The fraction of sp³-hybridized carbons (Fsp3) is 0.250. The van der Waals surface area contributed by atoms with Gasteiger partial charge in [0, 0.05) is 0 Å². The SMILES string of the molecule is Cc1ccc(S(=O)(=O)OC[C@]2([C@@]3(COS(=O)(=O)c4ccc(C)cc4)O[C@H]3c3ccccc3)O[C@H]2c2ccccc2)cc1. The van der Waals surface area contributed by atoms with Crippen molar-refractivity contribution in [3.05, 3.63) is 131 Å². The van der Waals surface area contributed by atoms with Gasteiger partial charge in [-0.05, 0) is 49.2 Å². The van der Waals surface area contributed by atoms with Crippen LogP contribution in [0.2, 0.25) is 0 Å². The lowest BCUT2D eigenvalue weighted by Crippen LogP contribution is -2.44. The summed E-state index contributed by atoms with van der Waals surface area (Å²) >= 11 is 0. The zero-order valence-corrected chi connectivity index (χ0v) is 24.7. The van der Waals surface area contributed by atoms with E-state index in [9.17, 15) is 16.8 Å². The topological polar surface area (TPSA) is 112 Å². The highest BCUT2D eigenvalue weighted by atomic mass is 32.2. The molecule has 2 fully saturated rings. The Kier molecular flexibility index (Phi) is 7.33. The van der Waals surface area contributed by atoms with Gasteiger partial charge in [0.2, 0.25) is 0 Å². The average Bonchev–Trinajstić information content (AvgIpc) is 3.91. The van der Waals surface area contributed by atoms with E-state index in [-0.39, 0.29) is 9.79 Å². The maximum absolute atomic E-state index is 13.2. The lowest BCUT2D eigenvalue weighted by Gasteiger charge is -2.23. The molecule has 2 aliphatic heterocycles. The van der Waals surface area contributed by atoms with Gasteiger partial charge in [0.1, 0.15) is 25.4 Å². The van der Waals surface area contributed by atoms with E-state index in [1.165, 1.54) is 24.3 Å². The van der Waals surface area contributed by atoms with Crippen molar-refractivity contribution in [2.75, 3.05) is 13.2 Å². The van der Waals surface area contributed by atoms with Crippen molar-refractivity contribution in [2.45, 2.75) is 47.0 Å². The highest BCUT2D eigenvalue weighted by Gasteiger charge is 2.81. The van der Waals surface area contributed by atoms with E-state index in [4.69, 9.17) is 17.8 Å². The molecule has 0 amide bonds. The van der Waals surface area contributed by atoms with Crippen molar-refractivity contribution in [3.8, 4) is 0 Å². The molecule has 42 heavy (non-hydrogen) atoms. The molecule has 0 aromatic heterocycles. The van der Waals surface area contributed by atoms with Crippen LogP contribution in [0.15, 0.2) is 119 Å². The fourth-order valence-corrected chi connectivity index (χ4v) is 7.14. The minimum Gasteiger partial charge on any atom is -0.355 e. The summed E-state index contributed by atoms with van der Waals surface area (Å²) in [5.74, 6) is 0. The van der Waals surface area contributed by atoms with Crippen LogP contribution >= 0.6 is 0 Å². The number of benzene rings is 4. The number of ether oxygens (including phenoxy) is 2. The monoisotopic (exact) mass is 606 g/mol. The summed E-state index contributed by atoms with van der Waals surface area (Å²) in [4.78, 5) is 0.00692. The molecule has 0 spiro atoms. The largest absolute Gasteiger partial charge is 0.355 e. The summed E-state index contributed by atoms with van der Waals surface area (Å²) < 4.78 is 76.9. The summed E-state index contributed by atoms with van der Waals surface area (Å²) in [5.41, 5.74) is 0.630. The number of hydrogen-bond donors (Lipinski definition) is 0. The van der Waals surface area contributed by atoms with E-state index in [1.54, 1.807) is 24.3 Å². The molecule has 0 bridgehead atoms. The van der Waals surface area contributed by atoms with E-state index in [0.717, 1.165) is 22.3 Å². The molecule has 8 nitrogen and oxygen atoms in total. The molecular formula is C32H30O8S2. The Morgan fingerprint density at radius 1 is 0.548 bits per heavy atom. The van der Waals surface area contributed by atoms with Gasteiger partial charge in [-0.2, -0.15) is 16.8 Å². The molecule has 218 valence electrons. The Bertz CT molecular complexity index is 1640. The minimum absolute atomic E-state index is 0.00346. The summed E-state index contributed by atoms with van der Waals surface area (Å²) in [7, 11) is -8.35. The van der Waals surface area contributed by atoms with Crippen LogP contribution in [0.25, 0.3) is 0 Å². The van der Waals surface area contributed by atoms with Crippen LogP contribution in [0.3, 0.4) is 0 Å². The normalized spacial score (nSPS) is 25.2. The highest BCUT2D eigenvalue weighted by Crippen LogP contribution is 2.69. The van der Waals surface area contributed by atoms with E-state index >= 15 is 0 Å². The zero-order valence-electron chi connectivity index (χ0n) is 23.0. The van der Waals surface area contributed by atoms with Gasteiger partial charge in [-0.15, -0.1) is 0 Å². The molecule has 2 heterocycles. The van der Waals surface area contributed by atoms with Crippen LogP contribution in [0, 0.1) is 13.8 Å². The van der Waals surface area contributed by atoms with Crippen LogP contribution in [0.4, 0.5) is 0 Å². The van der Waals surface area contributed by atoms with Gasteiger partial charge in [-0.3, -0.25) is 8.37 Å². The minimum atomic E-state index is -4.18. The zero-order chi connectivity index (χ0) is 29.6. The quantitative estimate of drug-likeness (QED) is 0.164. The third-order valence-electron chi connectivity index (χ3n) is 7.79. The average molecular weight is 607 g/mol. The van der Waals surface area contributed by atoms with E-state index in [2.05, 4.69) is 0 Å². The second kappa shape index (κ2) is 10.7. The van der Waals surface area contributed by atoms with Gasteiger partial charge in [0.25, 0.3) is 20.2 Å². The predicted molar refractivity (Wildman–Crippen MR) is 155 cm³/mol. The summed E-state index contributed by atoms with van der Waals surface area (Å²) in [5, 5.41) is 0. The molecule has 2 saturated heterocycles. The number of hydrogen-bond acceptors (Lipinski definition) is 8. The Morgan fingerprint density at radius 3 is 1.21 bits per heavy atom. The number of aryl methyl sites for hydroxylation is 2. The summed E-state index contributed by atoms with van der Waals surface area (Å²) in [6.07, 6.45) is -1.27. The molecule has 6 rings (SSSR count). The van der Waals surface area contributed by atoms with Crippen molar-refractivity contribution >= 4 is 20.2 Å². The van der Waals surface area contributed by atoms with Gasteiger partial charge >= 0.3 is 0 Å². The first kappa shape index (κ1) is 28.7. The number of epoxide rings is 2. The third-order valence-corrected chi connectivity index (χ3v) is 10.3. The molecule has 4 aromatic rings. The van der Waals surface area contributed by atoms with Crippen molar-refractivity contribution in [3.63, 3.8) is 0 Å². The second-order valence-corrected chi connectivity index (χ2v) is 13.9. The van der Waals surface area contributed by atoms with Gasteiger partial charge in [0.15, 0.2) is 11.2 Å². The van der Waals surface area contributed by atoms with Crippen LogP contribution in [-0.2, 0) is 38.1 Å². The fourth-order valence-electron chi connectivity index (χ4n) is 5.27. The molecule has 0 saturated carbocycles. The molecule has 0 aliphatic carbocycles. The molecule has 0 N–H and O–H groups in total. The Balaban J connectivity index is 1.36. The van der Waals surface area contributed by atoms with Crippen molar-refractivity contribution in [2.24, 2.45) is 0 Å². The maximum Gasteiger partial charge on any atom is 0.297 e. The Morgan fingerprint density at radius 2 is 0.881 bits per heavy atom. The van der Waals surface area contributed by atoms with Gasteiger partial charge < -0.3 is 9.47 Å². The Labute approximate surface area is 246 Å². The molecule has 4 atom stereocenters. The van der Waals surface area contributed by atoms with Crippen LogP contribution in [-0.4, -0.2) is 41.3 Å². The maximum atomic E-state index is 13.2. The summed E-state index contributed by atoms with van der Waals surface area (Å²) in [6.45, 7) is 2.88. The first-order valence-corrected chi connectivity index (χ1v) is 16.3. The second-order valence-electron chi connectivity index (χ2n) is 10.7. The molecule has 0 radical (unpaired) electrons. The molecule has 4 aromatic carbocycles.